The van der Waals surface area contributed by atoms with E-state index in [9.17, 15) is 0 Å². The van der Waals surface area contributed by atoms with Crippen molar-refractivity contribution in [2.75, 3.05) is 0 Å². The average Bonchev–Trinajstić information content (AvgIpc) is 3.29. The van der Waals surface area contributed by atoms with Gasteiger partial charge in [-0.15, -0.1) is 0 Å². The minimum absolute atomic E-state index is 0.0328. The van der Waals surface area contributed by atoms with Crippen LogP contribution in [0.15, 0.2) is 73.2 Å². The van der Waals surface area contributed by atoms with Gasteiger partial charge in [0, 0.05) is 31.2 Å². The third-order valence-corrected chi connectivity index (χ3v) is 5.42. The van der Waals surface area contributed by atoms with Crippen LogP contribution in [0.5, 0.6) is 0 Å². The molecule has 1 fully saturated rings. The summed E-state index contributed by atoms with van der Waals surface area (Å²) >= 11 is 5.73. The van der Waals surface area contributed by atoms with Crippen molar-refractivity contribution in [3.05, 3.63) is 90.0 Å². The molecule has 0 bridgehead atoms. The summed E-state index contributed by atoms with van der Waals surface area (Å²) in [6.07, 6.45) is 6.23. The Balaban J connectivity index is 1.73. The number of hydrogen-bond donors (Lipinski definition) is 1. The standard InChI is InChI=1S/C22H24N4S/c1-16(2)25-13-11-18(15-25)21-20(19-10-6-7-12-23-19)24-22(27)26(21)14-17-8-4-3-5-9-17/h3-13,15-16,20-21H,14H2,1-2H3,(H,24,27)/t20-,21+/m0/s1. The summed E-state index contributed by atoms with van der Waals surface area (Å²) in [6, 6.07) is 19.3. The Labute approximate surface area is 165 Å². The number of thiocarbonyl (C=S) groups is 1. The van der Waals surface area contributed by atoms with Crippen LogP contribution in [0.25, 0.3) is 0 Å². The highest BCUT2D eigenvalue weighted by Crippen LogP contribution is 2.39. The van der Waals surface area contributed by atoms with Crippen LogP contribution >= 0.6 is 12.2 Å². The number of nitrogens with zero attached hydrogens (tertiary/aromatic N) is 3. The Morgan fingerprint density at radius 2 is 1.85 bits per heavy atom. The molecule has 0 unspecified atom stereocenters. The lowest BCUT2D eigenvalue weighted by Crippen LogP contribution is -2.29. The molecule has 3 aromatic rings. The SMILES string of the molecule is CC(C)n1ccc([C@@H]2[C@H](c3ccccn3)NC(=S)N2Cc2ccccc2)c1. The lowest BCUT2D eigenvalue weighted by molar-refractivity contribution is 0.311. The van der Waals surface area contributed by atoms with Crippen molar-refractivity contribution >= 4 is 17.3 Å². The number of nitrogens with one attached hydrogen (secondary N) is 1. The maximum atomic E-state index is 5.73. The monoisotopic (exact) mass is 376 g/mol. The Kier molecular flexibility index (Phi) is 4.94. The molecule has 1 aliphatic heterocycles. The minimum atomic E-state index is 0.0328. The third-order valence-electron chi connectivity index (χ3n) is 5.07. The van der Waals surface area contributed by atoms with Gasteiger partial charge in [0.05, 0.1) is 17.8 Å². The van der Waals surface area contributed by atoms with Gasteiger partial charge < -0.3 is 14.8 Å². The molecule has 4 rings (SSSR count). The molecule has 5 heteroatoms. The van der Waals surface area contributed by atoms with E-state index in [4.69, 9.17) is 12.2 Å². The zero-order valence-electron chi connectivity index (χ0n) is 15.6. The predicted octanol–water partition coefficient (Wildman–Crippen LogP) is 4.64. The topological polar surface area (TPSA) is 33.1 Å². The first-order chi connectivity index (χ1) is 13.1. The van der Waals surface area contributed by atoms with Gasteiger partial charge in [-0.3, -0.25) is 4.98 Å². The van der Waals surface area contributed by atoms with Crippen LogP contribution in [0.1, 0.15) is 48.8 Å². The normalized spacial score (nSPS) is 19.5. The molecule has 1 saturated heterocycles. The van der Waals surface area contributed by atoms with Gasteiger partial charge in [-0.2, -0.15) is 0 Å². The zero-order valence-corrected chi connectivity index (χ0v) is 16.4. The molecule has 2 atom stereocenters. The molecule has 0 radical (unpaired) electrons. The number of hydrogen-bond acceptors (Lipinski definition) is 2. The molecule has 4 nitrogen and oxygen atoms in total. The van der Waals surface area contributed by atoms with E-state index in [1.807, 2.05) is 24.4 Å². The molecule has 0 saturated carbocycles. The summed E-state index contributed by atoms with van der Waals surface area (Å²) < 4.78 is 2.24. The summed E-state index contributed by atoms with van der Waals surface area (Å²) in [5.41, 5.74) is 3.51. The fourth-order valence-electron chi connectivity index (χ4n) is 3.65. The van der Waals surface area contributed by atoms with Gasteiger partial charge in [-0.05, 0) is 55.4 Å². The van der Waals surface area contributed by atoms with Crippen LogP contribution in [0.3, 0.4) is 0 Å². The van der Waals surface area contributed by atoms with E-state index in [0.29, 0.717) is 6.04 Å². The Hall–Kier alpha value is -2.66. The van der Waals surface area contributed by atoms with Gasteiger partial charge in [-0.25, -0.2) is 0 Å². The quantitative estimate of drug-likeness (QED) is 0.658. The van der Waals surface area contributed by atoms with Crippen molar-refractivity contribution < 1.29 is 0 Å². The Bertz CT molecular complexity index is 904. The maximum Gasteiger partial charge on any atom is 0.170 e. The van der Waals surface area contributed by atoms with Crippen LogP contribution in [0.4, 0.5) is 0 Å². The van der Waals surface area contributed by atoms with Crippen LogP contribution in [-0.4, -0.2) is 19.6 Å². The van der Waals surface area contributed by atoms with Crippen molar-refractivity contribution in [2.45, 2.75) is 38.5 Å². The van der Waals surface area contributed by atoms with Crippen molar-refractivity contribution in [1.82, 2.24) is 19.8 Å². The summed E-state index contributed by atoms with van der Waals surface area (Å²) in [6.45, 7) is 5.16. The highest BCUT2D eigenvalue weighted by molar-refractivity contribution is 7.80. The van der Waals surface area contributed by atoms with Gasteiger partial charge in [0.15, 0.2) is 5.11 Å². The number of pyridine rings is 1. The van der Waals surface area contributed by atoms with E-state index >= 15 is 0 Å². The number of rotatable bonds is 5. The first-order valence-electron chi connectivity index (χ1n) is 9.33. The molecule has 0 spiro atoms. The lowest BCUT2D eigenvalue weighted by Gasteiger charge is -2.27. The number of benzene rings is 1. The third kappa shape index (κ3) is 3.60. The molecule has 0 amide bonds. The molecule has 27 heavy (non-hydrogen) atoms. The van der Waals surface area contributed by atoms with Gasteiger partial charge in [0.1, 0.15) is 0 Å². The highest BCUT2D eigenvalue weighted by atomic mass is 32.1. The largest absolute Gasteiger partial charge is 0.352 e. The van der Waals surface area contributed by atoms with Crippen LogP contribution in [0, 0.1) is 0 Å². The van der Waals surface area contributed by atoms with E-state index in [1.54, 1.807) is 0 Å². The van der Waals surface area contributed by atoms with Gasteiger partial charge >= 0.3 is 0 Å². The second-order valence-corrected chi connectivity index (χ2v) is 7.61. The first-order valence-corrected chi connectivity index (χ1v) is 9.73. The second kappa shape index (κ2) is 7.53. The summed E-state index contributed by atoms with van der Waals surface area (Å²) in [5, 5.41) is 4.29. The van der Waals surface area contributed by atoms with Crippen molar-refractivity contribution in [1.29, 1.82) is 0 Å². The van der Waals surface area contributed by atoms with Crippen molar-refractivity contribution in [2.24, 2.45) is 0 Å². The fraction of sp³-hybridized carbons (Fsp3) is 0.273. The average molecular weight is 377 g/mol. The summed E-state index contributed by atoms with van der Waals surface area (Å²) in [5.74, 6) is 0. The van der Waals surface area contributed by atoms with E-state index in [2.05, 4.69) is 82.4 Å². The van der Waals surface area contributed by atoms with E-state index < -0.39 is 0 Å². The molecule has 1 N–H and O–H groups in total. The molecular formula is C22H24N4S. The number of aromatic nitrogens is 2. The molecule has 3 heterocycles. The van der Waals surface area contributed by atoms with Gasteiger partial charge in [0.2, 0.25) is 0 Å². The van der Waals surface area contributed by atoms with Gasteiger partial charge in [0.25, 0.3) is 0 Å². The van der Waals surface area contributed by atoms with E-state index in [-0.39, 0.29) is 12.1 Å². The lowest BCUT2D eigenvalue weighted by atomic mass is 9.98. The maximum absolute atomic E-state index is 5.73. The van der Waals surface area contributed by atoms with Crippen LogP contribution < -0.4 is 5.32 Å². The molecule has 1 aliphatic rings. The molecule has 138 valence electrons. The molecule has 2 aromatic heterocycles. The fourth-order valence-corrected chi connectivity index (χ4v) is 3.95. The predicted molar refractivity (Wildman–Crippen MR) is 112 cm³/mol. The van der Waals surface area contributed by atoms with Gasteiger partial charge in [-0.1, -0.05) is 36.4 Å². The summed E-state index contributed by atoms with van der Waals surface area (Å²) in [7, 11) is 0. The smallest absolute Gasteiger partial charge is 0.170 e. The summed E-state index contributed by atoms with van der Waals surface area (Å²) in [4.78, 5) is 6.88. The molecule has 1 aromatic carbocycles. The Morgan fingerprint density at radius 3 is 2.52 bits per heavy atom. The van der Waals surface area contributed by atoms with Crippen molar-refractivity contribution in [3.63, 3.8) is 0 Å². The minimum Gasteiger partial charge on any atom is -0.352 e. The van der Waals surface area contributed by atoms with E-state index in [0.717, 1.165) is 17.4 Å². The molecular weight excluding hydrogens is 352 g/mol. The molecule has 0 aliphatic carbocycles. The highest BCUT2D eigenvalue weighted by Gasteiger charge is 2.40. The Morgan fingerprint density at radius 1 is 1.07 bits per heavy atom. The second-order valence-electron chi connectivity index (χ2n) is 7.23. The van der Waals surface area contributed by atoms with Crippen LogP contribution in [-0.2, 0) is 6.54 Å². The van der Waals surface area contributed by atoms with E-state index in [1.165, 1.54) is 11.1 Å². The van der Waals surface area contributed by atoms with Crippen molar-refractivity contribution in [3.8, 4) is 0 Å². The zero-order chi connectivity index (χ0) is 18.8. The first kappa shape index (κ1) is 17.7. The van der Waals surface area contributed by atoms with Crippen LogP contribution in [0.2, 0.25) is 0 Å².